The fraction of sp³-hybridized carbons (Fsp3) is 0.385. The molecule has 1 rings (SSSR count). The third-order valence-corrected chi connectivity index (χ3v) is 2.58. The van der Waals surface area contributed by atoms with Crippen molar-refractivity contribution in [2.45, 2.75) is 26.1 Å². The molecule has 8 heteroatoms. The van der Waals surface area contributed by atoms with Crippen molar-refractivity contribution >= 4 is 11.9 Å². The maximum atomic E-state index is 12.0. The molecule has 0 aliphatic carbocycles. The summed E-state index contributed by atoms with van der Waals surface area (Å²) in [5.74, 6) is -2.55. The molecule has 0 aromatic heterocycles. The van der Waals surface area contributed by atoms with E-state index >= 15 is 0 Å². The molecule has 5 nitrogen and oxygen atoms in total. The van der Waals surface area contributed by atoms with Crippen molar-refractivity contribution < 1.29 is 27.5 Å². The highest BCUT2D eigenvalue weighted by atomic mass is 19.4. The number of halogens is 3. The van der Waals surface area contributed by atoms with Crippen LogP contribution in [-0.2, 0) is 9.53 Å². The molecule has 1 amide bonds. The minimum absolute atomic E-state index is 0.252. The van der Waals surface area contributed by atoms with E-state index in [1.165, 1.54) is 12.1 Å². The summed E-state index contributed by atoms with van der Waals surface area (Å²) in [6.45, 7) is 3.50. The summed E-state index contributed by atoms with van der Waals surface area (Å²) in [7, 11) is 0. The predicted molar refractivity (Wildman–Crippen MR) is 68.1 cm³/mol. The molecule has 0 aliphatic heterocycles. The van der Waals surface area contributed by atoms with Crippen LogP contribution >= 0.6 is 0 Å². The lowest BCUT2D eigenvalue weighted by Crippen LogP contribution is -2.46. The number of benzene rings is 1. The molecule has 0 saturated heterocycles. The first-order valence-electron chi connectivity index (χ1n) is 6.15. The lowest BCUT2D eigenvalue weighted by atomic mass is 10.1. The van der Waals surface area contributed by atoms with Gasteiger partial charge in [-0.25, -0.2) is 10.2 Å². The Balaban J connectivity index is 2.61. The Bertz CT molecular complexity index is 500. The first-order valence-corrected chi connectivity index (χ1v) is 6.15. The van der Waals surface area contributed by atoms with Gasteiger partial charge >= 0.3 is 18.1 Å². The molecule has 0 unspecified atom stereocenters. The molecule has 21 heavy (non-hydrogen) atoms. The highest BCUT2D eigenvalue weighted by molar-refractivity contribution is 5.89. The number of amides is 1. The Morgan fingerprint density at radius 2 is 1.81 bits per heavy atom. The summed E-state index contributed by atoms with van der Waals surface area (Å²) in [6, 6.07) is 5.55. The van der Waals surface area contributed by atoms with Gasteiger partial charge in [0.05, 0.1) is 12.2 Å². The van der Waals surface area contributed by atoms with E-state index in [0.29, 0.717) is 11.1 Å². The van der Waals surface area contributed by atoms with Crippen LogP contribution in [-0.4, -0.2) is 24.7 Å². The molecular weight excluding hydrogens is 289 g/mol. The highest BCUT2D eigenvalue weighted by Gasteiger charge is 2.38. The van der Waals surface area contributed by atoms with Gasteiger partial charge < -0.3 is 4.74 Å². The number of carbonyl (C=O) groups excluding carboxylic acids is 2. The van der Waals surface area contributed by atoms with Gasteiger partial charge in [-0.3, -0.25) is 10.2 Å². The number of nitrogens with one attached hydrogen (secondary N) is 2. The Labute approximate surface area is 119 Å². The maximum absolute atomic E-state index is 12.0. The quantitative estimate of drug-likeness (QED) is 0.646. The van der Waals surface area contributed by atoms with Gasteiger partial charge in [0, 0.05) is 6.04 Å². The molecule has 0 fully saturated rings. The van der Waals surface area contributed by atoms with Gasteiger partial charge in [0.25, 0.3) is 0 Å². The van der Waals surface area contributed by atoms with Crippen molar-refractivity contribution in [1.82, 2.24) is 10.9 Å². The standard InChI is InChI=1S/C13H15F3N2O3/c1-3-21-11(19)10-6-4-9(5-7-10)8(2)17-18-12(20)13(14,15)16/h4-8,17H,3H2,1-2H3,(H,18,20)/t8-/m0/s1. The third kappa shape index (κ3) is 5.07. The van der Waals surface area contributed by atoms with E-state index in [9.17, 15) is 22.8 Å². The molecule has 2 N–H and O–H groups in total. The summed E-state index contributed by atoms with van der Waals surface area (Å²) in [6.07, 6.45) is -4.94. The van der Waals surface area contributed by atoms with E-state index in [-0.39, 0.29) is 6.61 Å². The average molecular weight is 304 g/mol. The highest BCUT2D eigenvalue weighted by Crippen LogP contribution is 2.16. The molecule has 1 aromatic rings. The van der Waals surface area contributed by atoms with Gasteiger partial charge in [-0.1, -0.05) is 12.1 Å². The molecule has 0 heterocycles. The van der Waals surface area contributed by atoms with Gasteiger partial charge in [-0.2, -0.15) is 13.2 Å². The van der Waals surface area contributed by atoms with Gasteiger partial charge in [-0.05, 0) is 31.5 Å². The molecule has 1 atom stereocenters. The number of hydrogen-bond donors (Lipinski definition) is 2. The summed E-state index contributed by atoms with van der Waals surface area (Å²) < 4.78 is 40.8. The molecule has 0 bridgehead atoms. The van der Waals surface area contributed by atoms with Crippen molar-refractivity contribution in [1.29, 1.82) is 0 Å². The molecule has 116 valence electrons. The average Bonchev–Trinajstić information content (AvgIpc) is 2.43. The minimum Gasteiger partial charge on any atom is -0.462 e. The summed E-state index contributed by atoms with van der Waals surface area (Å²) in [5.41, 5.74) is 4.76. The fourth-order valence-corrected chi connectivity index (χ4v) is 1.45. The topological polar surface area (TPSA) is 67.4 Å². The SMILES string of the molecule is CCOC(=O)c1ccc([C@H](C)NNC(=O)C(F)(F)F)cc1. The lowest BCUT2D eigenvalue weighted by molar-refractivity contribution is -0.174. The normalized spacial score (nSPS) is 12.6. The van der Waals surface area contributed by atoms with Crippen LogP contribution < -0.4 is 10.9 Å². The van der Waals surface area contributed by atoms with Crippen molar-refractivity contribution in [2.75, 3.05) is 6.61 Å². The number of esters is 1. The van der Waals surface area contributed by atoms with E-state index in [2.05, 4.69) is 5.43 Å². The smallest absolute Gasteiger partial charge is 0.462 e. The Morgan fingerprint density at radius 1 is 1.24 bits per heavy atom. The zero-order valence-electron chi connectivity index (χ0n) is 11.5. The van der Waals surface area contributed by atoms with Gasteiger partial charge in [0.1, 0.15) is 0 Å². The van der Waals surface area contributed by atoms with Crippen LogP contribution in [0.4, 0.5) is 13.2 Å². The second kappa shape index (κ2) is 7.07. The van der Waals surface area contributed by atoms with Crippen LogP contribution in [0.3, 0.4) is 0 Å². The maximum Gasteiger partial charge on any atom is 0.472 e. The van der Waals surface area contributed by atoms with E-state index in [1.807, 2.05) is 0 Å². The van der Waals surface area contributed by atoms with Gasteiger partial charge in [0.2, 0.25) is 0 Å². The number of hydrogen-bond acceptors (Lipinski definition) is 4. The second-order valence-electron chi connectivity index (χ2n) is 4.16. The van der Waals surface area contributed by atoms with Crippen LogP contribution in [0.25, 0.3) is 0 Å². The number of hydrazine groups is 1. The van der Waals surface area contributed by atoms with Crippen molar-refractivity contribution in [2.24, 2.45) is 0 Å². The van der Waals surface area contributed by atoms with Crippen molar-refractivity contribution in [3.05, 3.63) is 35.4 Å². The van der Waals surface area contributed by atoms with Crippen molar-refractivity contribution in [3.63, 3.8) is 0 Å². The van der Waals surface area contributed by atoms with Crippen LogP contribution in [0, 0.1) is 0 Å². The van der Waals surface area contributed by atoms with Gasteiger partial charge in [-0.15, -0.1) is 0 Å². The van der Waals surface area contributed by atoms with E-state index in [0.717, 1.165) is 0 Å². The molecule has 0 radical (unpaired) electrons. The van der Waals surface area contributed by atoms with Crippen LogP contribution in [0.15, 0.2) is 24.3 Å². The van der Waals surface area contributed by atoms with Crippen LogP contribution in [0.5, 0.6) is 0 Å². The zero-order chi connectivity index (χ0) is 16.0. The van der Waals surface area contributed by atoms with E-state index in [1.54, 1.807) is 31.4 Å². The largest absolute Gasteiger partial charge is 0.472 e. The number of rotatable bonds is 5. The Kier molecular flexibility index (Phi) is 5.71. The van der Waals surface area contributed by atoms with E-state index in [4.69, 9.17) is 4.74 Å². The Hall–Kier alpha value is -2.09. The number of alkyl halides is 3. The zero-order valence-corrected chi connectivity index (χ0v) is 11.5. The minimum atomic E-state index is -4.94. The fourth-order valence-electron chi connectivity index (χ4n) is 1.45. The van der Waals surface area contributed by atoms with Gasteiger partial charge in [0.15, 0.2) is 0 Å². The monoisotopic (exact) mass is 304 g/mol. The van der Waals surface area contributed by atoms with Crippen LogP contribution in [0.2, 0.25) is 0 Å². The summed E-state index contributed by atoms with van der Waals surface area (Å²) >= 11 is 0. The summed E-state index contributed by atoms with van der Waals surface area (Å²) in [5, 5.41) is 0. The van der Waals surface area contributed by atoms with E-state index < -0.39 is 24.1 Å². The molecule has 0 saturated carbocycles. The molecule has 0 spiro atoms. The lowest BCUT2D eigenvalue weighted by Gasteiger charge is -2.16. The first kappa shape index (κ1) is 17.0. The third-order valence-electron chi connectivity index (χ3n) is 2.58. The molecule has 1 aromatic carbocycles. The van der Waals surface area contributed by atoms with Crippen molar-refractivity contribution in [3.8, 4) is 0 Å². The first-order chi connectivity index (χ1) is 9.75. The number of ether oxygens (including phenoxy) is 1. The molecular formula is C13H15F3N2O3. The number of carbonyl (C=O) groups is 2. The predicted octanol–water partition coefficient (Wildman–Crippen LogP) is 2.11. The van der Waals surface area contributed by atoms with Crippen LogP contribution in [0.1, 0.15) is 35.8 Å². The molecule has 0 aliphatic rings. The summed E-state index contributed by atoms with van der Waals surface area (Å²) in [4.78, 5) is 22.1. The second-order valence-corrected chi connectivity index (χ2v) is 4.16. The Morgan fingerprint density at radius 3 is 2.29 bits per heavy atom.